The van der Waals surface area contributed by atoms with Crippen LogP contribution in [0.2, 0.25) is 0 Å². The minimum atomic E-state index is -3.84. The largest absolute Gasteiger partial charge is 0.481 e. The fourth-order valence-electron chi connectivity index (χ4n) is 2.33. The Morgan fingerprint density at radius 1 is 0.968 bits per heavy atom. The topological polar surface area (TPSA) is 154 Å². The highest BCUT2D eigenvalue weighted by atomic mass is 32.2. The van der Waals surface area contributed by atoms with Crippen LogP contribution < -0.4 is 15.5 Å². The number of nitrogens with zero attached hydrogens (tertiary/aromatic N) is 1. The molecule has 0 heterocycles. The first-order valence-electron chi connectivity index (χ1n) is 9.12. The van der Waals surface area contributed by atoms with Crippen molar-refractivity contribution in [2.75, 3.05) is 11.9 Å². The molecule has 2 rings (SSSR count). The van der Waals surface area contributed by atoms with Crippen molar-refractivity contribution < 1.29 is 27.9 Å². The lowest BCUT2D eigenvalue weighted by Crippen LogP contribution is -2.32. The van der Waals surface area contributed by atoms with E-state index in [9.17, 15) is 22.8 Å². The van der Waals surface area contributed by atoms with Gasteiger partial charge in [-0.15, -0.1) is 0 Å². The van der Waals surface area contributed by atoms with E-state index >= 15 is 0 Å². The summed E-state index contributed by atoms with van der Waals surface area (Å²) in [7, 11) is -3.84. The normalized spacial score (nSPS) is 11.6. The van der Waals surface area contributed by atoms with Crippen LogP contribution in [0.3, 0.4) is 0 Å². The number of benzene rings is 2. The monoisotopic (exact) mass is 446 g/mol. The van der Waals surface area contributed by atoms with Gasteiger partial charge in [-0.3, -0.25) is 14.4 Å². The number of nitrogens with one attached hydrogen (secondary N) is 3. The molecular formula is C20H22N4O6S. The summed E-state index contributed by atoms with van der Waals surface area (Å²) in [6, 6.07) is 12.5. The summed E-state index contributed by atoms with van der Waals surface area (Å²) in [5.74, 6) is -2.95. The molecule has 0 aliphatic rings. The maximum Gasteiger partial charge on any atom is 0.329 e. The first-order valence-corrected chi connectivity index (χ1v) is 10.6. The van der Waals surface area contributed by atoms with Crippen LogP contribution in [0.15, 0.2) is 58.5 Å². The Balaban J connectivity index is 1.96. The van der Waals surface area contributed by atoms with Crippen LogP contribution in [0.1, 0.15) is 24.5 Å². The van der Waals surface area contributed by atoms with Crippen molar-refractivity contribution in [2.24, 2.45) is 5.10 Å². The Morgan fingerprint density at radius 2 is 1.58 bits per heavy atom. The highest BCUT2D eigenvalue weighted by molar-refractivity contribution is 7.89. The van der Waals surface area contributed by atoms with Gasteiger partial charge in [-0.2, -0.15) is 5.10 Å². The average Bonchev–Trinajstić information content (AvgIpc) is 2.73. The Kier molecular flexibility index (Phi) is 8.00. The number of hydrogen-bond donors (Lipinski definition) is 4. The quantitative estimate of drug-likeness (QED) is 0.272. The number of hydrogen-bond acceptors (Lipinski definition) is 6. The van der Waals surface area contributed by atoms with Crippen molar-refractivity contribution in [3.05, 3.63) is 59.7 Å². The van der Waals surface area contributed by atoms with Crippen molar-refractivity contribution in [1.29, 1.82) is 0 Å². The van der Waals surface area contributed by atoms with Gasteiger partial charge in [0.05, 0.1) is 17.0 Å². The summed E-state index contributed by atoms with van der Waals surface area (Å²) in [6.45, 7) is 3.25. The van der Waals surface area contributed by atoms with E-state index in [1.807, 2.05) is 6.92 Å². The number of sulfonamides is 1. The van der Waals surface area contributed by atoms with E-state index in [0.717, 1.165) is 5.56 Å². The summed E-state index contributed by atoms with van der Waals surface area (Å²) in [6.07, 6.45) is -0.333. The van der Waals surface area contributed by atoms with E-state index in [2.05, 4.69) is 20.6 Å². The number of carboxylic acid groups (broad SMARTS) is 1. The number of aryl methyl sites for hydroxylation is 1. The molecule has 0 bridgehead atoms. The molecule has 0 aliphatic heterocycles. The zero-order valence-corrected chi connectivity index (χ0v) is 17.7. The molecule has 4 N–H and O–H groups in total. The van der Waals surface area contributed by atoms with Gasteiger partial charge >= 0.3 is 17.8 Å². The zero-order chi connectivity index (χ0) is 23.0. The van der Waals surface area contributed by atoms with E-state index in [-0.39, 0.29) is 17.9 Å². The van der Waals surface area contributed by atoms with Crippen LogP contribution in [0.25, 0.3) is 0 Å². The van der Waals surface area contributed by atoms with Crippen molar-refractivity contribution in [2.45, 2.75) is 25.2 Å². The first-order chi connectivity index (χ1) is 14.6. The van der Waals surface area contributed by atoms with Crippen molar-refractivity contribution in [3.63, 3.8) is 0 Å². The van der Waals surface area contributed by atoms with Gasteiger partial charge in [-0.1, -0.05) is 29.8 Å². The number of carbonyl (C=O) groups excluding carboxylic acids is 2. The van der Waals surface area contributed by atoms with Gasteiger partial charge in [0.1, 0.15) is 0 Å². The maximum absolute atomic E-state index is 12.1. The molecule has 10 nitrogen and oxygen atoms in total. The zero-order valence-electron chi connectivity index (χ0n) is 16.9. The minimum Gasteiger partial charge on any atom is -0.481 e. The Morgan fingerprint density at radius 3 is 2.16 bits per heavy atom. The summed E-state index contributed by atoms with van der Waals surface area (Å²) in [5, 5.41) is 14.9. The SMILES string of the molecule is C/C(=N\NC(=O)C(=O)Nc1ccc(C)cc1)c1ccc(S(=O)(=O)NCCC(=O)O)cc1. The second kappa shape index (κ2) is 10.5. The van der Waals surface area contributed by atoms with Gasteiger partial charge in [0.25, 0.3) is 0 Å². The van der Waals surface area contributed by atoms with Gasteiger partial charge in [0.15, 0.2) is 0 Å². The fourth-order valence-corrected chi connectivity index (χ4v) is 3.36. The number of carboxylic acids is 1. The highest BCUT2D eigenvalue weighted by Crippen LogP contribution is 2.11. The van der Waals surface area contributed by atoms with Crippen LogP contribution in [0.4, 0.5) is 5.69 Å². The minimum absolute atomic E-state index is 0.0454. The van der Waals surface area contributed by atoms with Crippen molar-refractivity contribution in [1.82, 2.24) is 10.1 Å². The number of amides is 2. The molecule has 31 heavy (non-hydrogen) atoms. The predicted molar refractivity (Wildman–Crippen MR) is 114 cm³/mol. The Hall–Kier alpha value is -3.57. The van der Waals surface area contributed by atoms with Gasteiger partial charge in [-0.05, 0) is 43.7 Å². The molecule has 0 spiro atoms. The lowest BCUT2D eigenvalue weighted by Gasteiger charge is -2.07. The predicted octanol–water partition coefficient (Wildman–Crippen LogP) is 1.23. The molecule has 2 aromatic rings. The molecule has 0 fully saturated rings. The van der Waals surface area contributed by atoms with E-state index in [0.29, 0.717) is 17.0 Å². The van der Waals surface area contributed by atoms with Crippen LogP contribution >= 0.6 is 0 Å². The number of rotatable bonds is 8. The van der Waals surface area contributed by atoms with Gasteiger partial charge in [0, 0.05) is 12.2 Å². The Labute approximate surface area is 179 Å². The summed E-state index contributed by atoms with van der Waals surface area (Å²) < 4.78 is 26.4. The molecule has 0 saturated carbocycles. The smallest absolute Gasteiger partial charge is 0.329 e. The van der Waals surface area contributed by atoms with Crippen LogP contribution in [-0.4, -0.2) is 43.6 Å². The molecular weight excluding hydrogens is 424 g/mol. The molecule has 0 aromatic heterocycles. The van der Waals surface area contributed by atoms with E-state index < -0.39 is 27.8 Å². The molecule has 0 radical (unpaired) electrons. The second-order valence-corrected chi connectivity index (χ2v) is 8.29. The molecule has 0 saturated heterocycles. The van der Waals surface area contributed by atoms with Crippen LogP contribution in [0.5, 0.6) is 0 Å². The molecule has 0 unspecified atom stereocenters. The summed E-state index contributed by atoms with van der Waals surface area (Å²) >= 11 is 0. The average molecular weight is 446 g/mol. The third kappa shape index (κ3) is 7.32. The second-order valence-electron chi connectivity index (χ2n) is 6.52. The van der Waals surface area contributed by atoms with Gasteiger partial charge < -0.3 is 10.4 Å². The number of anilines is 1. The number of carbonyl (C=O) groups is 3. The van der Waals surface area contributed by atoms with Crippen LogP contribution in [-0.2, 0) is 24.4 Å². The molecule has 0 aliphatic carbocycles. The van der Waals surface area contributed by atoms with Crippen molar-refractivity contribution >= 4 is 39.2 Å². The molecule has 0 atom stereocenters. The summed E-state index contributed by atoms with van der Waals surface area (Å²) in [4.78, 5) is 34.3. The van der Waals surface area contributed by atoms with Crippen molar-refractivity contribution in [3.8, 4) is 0 Å². The maximum atomic E-state index is 12.1. The molecule has 2 aromatic carbocycles. The molecule has 11 heteroatoms. The van der Waals surface area contributed by atoms with E-state index in [1.54, 1.807) is 31.2 Å². The fraction of sp³-hybridized carbons (Fsp3) is 0.200. The lowest BCUT2D eigenvalue weighted by molar-refractivity contribution is -0.136. The highest BCUT2D eigenvalue weighted by Gasteiger charge is 2.15. The summed E-state index contributed by atoms with van der Waals surface area (Å²) in [5.41, 5.74) is 4.49. The third-order valence-corrected chi connectivity index (χ3v) is 5.53. The number of aliphatic carboxylic acids is 1. The van der Waals surface area contributed by atoms with Gasteiger partial charge in [-0.25, -0.2) is 18.6 Å². The van der Waals surface area contributed by atoms with Gasteiger partial charge in [0.2, 0.25) is 10.0 Å². The Bertz CT molecular complexity index is 1090. The lowest BCUT2D eigenvalue weighted by atomic mass is 10.1. The third-order valence-electron chi connectivity index (χ3n) is 4.05. The van der Waals surface area contributed by atoms with E-state index in [1.165, 1.54) is 24.3 Å². The number of hydrazone groups is 1. The van der Waals surface area contributed by atoms with Crippen LogP contribution in [0, 0.1) is 6.92 Å². The molecule has 164 valence electrons. The van der Waals surface area contributed by atoms with E-state index in [4.69, 9.17) is 5.11 Å². The standard InChI is InChI=1S/C20H22N4O6S/c1-13-3-7-16(8-4-13)22-19(27)20(28)24-23-14(2)15-5-9-17(10-6-15)31(29,30)21-12-11-18(25)26/h3-10,21H,11-12H2,1-2H3,(H,22,27)(H,24,28)(H,25,26)/b23-14+. The first kappa shape index (κ1) is 23.7. The molecule has 2 amide bonds.